The van der Waals surface area contributed by atoms with Crippen LogP contribution in [0.25, 0.3) is 0 Å². The molecule has 3 heteroatoms. The fraction of sp³-hybridized carbons (Fsp3) is 0.222. The molecule has 0 fully saturated rings. The second-order valence-electron chi connectivity index (χ2n) is 2.61. The molecule has 0 saturated heterocycles. The lowest BCUT2D eigenvalue weighted by molar-refractivity contribution is -0.182. The summed E-state index contributed by atoms with van der Waals surface area (Å²) in [6.07, 6.45) is -0.0157. The predicted molar refractivity (Wildman–Crippen MR) is 42.1 cm³/mol. The number of hydrogen-bond donors (Lipinski definition) is 0. The maximum Gasteiger partial charge on any atom is 0.353 e. The maximum atomic E-state index is 11.3. The average molecular weight is 168 g/mol. The normalized spacial score (nSPS) is 9.50. The summed E-state index contributed by atoms with van der Waals surface area (Å²) >= 11 is 0. The van der Waals surface area contributed by atoms with Gasteiger partial charge in [0.25, 0.3) is 0 Å². The van der Waals surface area contributed by atoms with E-state index in [1.165, 1.54) is 0 Å². The van der Waals surface area contributed by atoms with Gasteiger partial charge in [-0.3, -0.25) is 4.94 Å². The summed E-state index contributed by atoms with van der Waals surface area (Å²) in [5.74, 6) is -0.861. The summed E-state index contributed by atoms with van der Waals surface area (Å²) in [6.45, 7) is 1.91. The Morgan fingerprint density at radius 3 is 2.92 bits per heavy atom. The first-order chi connectivity index (χ1) is 5.72. The van der Waals surface area contributed by atoms with Crippen molar-refractivity contribution in [2.45, 2.75) is 13.3 Å². The van der Waals surface area contributed by atoms with Crippen LogP contribution in [0.1, 0.15) is 11.1 Å². The Morgan fingerprint density at radius 2 is 2.33 bits per heavy atom. The molecule has 0 amide bonds. The number of benzene rings is 1. The third-order valence-electron chi connectivity index (χ3n) is 1.52. The molecule has 0 saturated carbocycles. The van der Waals surface area contributed by atoms with Crippen molar-refractivity contribution in [3.63, 3.8) is 0 Å². The molecule has 0 heterocycles. The van der Waals surface area contributed by atoms with Crippen molar-refractivity contribution < 1.29 is 14.3 Å². The monoisotopic (exact) mass is 168 g/mol. The Kier molecular flexibility index (Phi) is 2.80. The van der Waals surface area contributed by atoms with Crippen LogP contribution < -0.4 is 0 Å². The predicted octanol–water partition coefficient (Wildman–Crippen LogP) is 1.97. The number of carbonyl (C=O) groups is 1. The topological polar surface area (TPSA) is 26.3 Å². The molecule has 1 aromatic rings. The third-order valence-corrected chi connectivity index (χ3v) is 1.52. The summed E-state index contributed by atoms with van der Waals surface area (Å²) in [6, 6.07) is 7.29. The van der Waals surface area contributed by atoms with E-state index < -0.39 is 5.97 Å². The second kappa shape index (κ2) is 3.85. The summed E-state index contributed by atoms with van der Waals surface area (Å²) in [5.41, 5.74) is 1.80. The molecule has 1 aromatic carbocycles. The highest BCUT2D eigenvalue weighted by Crippen LogP contribution is 2.05. The zero-order chi connectivity index (χ0) is 8.97. The van der Waals surface area contributed by atoms with E-state index in [4.69, 9.17) is 0 Å². The first-order valence-corrected chi connectivity index (χ1v) is 3.59. The SMILES string of the molecule is Cc1cccc(CC(=O)OF)c1. The van der Waals surface area contributed by atoms with Crippen molar-refractivity contribution >= 4 is 5.97 Å². The zero-order valence-corrected chi connectivity index (χ0v) is 6.71. The van der Waals surface area contributed by atoms with Crippen LogP contribution in [0.15, 0.2) is 24.3 Å². The highest BCUT2D eigenvalue weighted by Gasteiger charge is 2.04. The largest absolute Gasteiger partial charge is 0.353 e. The number of carbonyl (C=O) groups excluding carboxylic acids is 1. The van der Waals surface area contributed by atoms with Crippen LogP contribution in [-0.2, 0) is 16.2 Å². The van der Waals surface area contributed by atoms with Crippen molar-refractivity contribution in [1.29, 1.82) is 0 Å². The van der Waals surface area contributed by atoms with E-state index in [0.29, 0.717) is 0 Å². The van der Waals surface area contributed by atoms with Gasteiger partial charge in [-0.15, -0.1) is 0 Å². The molecule has 0 N–H and O–H groups in total. The van der Waals surface area contributed by atoms with E-state index in [9.17, 15) is 9.32 Å². The smallest absolute Gasteiger partial charge is 0.255 e. The van der Waals surface area contributed by atoms with Crippen LogP contribution in [0.5, 0.6) is 0 Å². The Morgan fingerprint density at radius 1 is 1.58 bits per heavy atom. The average Bonchev–Trinajstić information content (AvgIpc) is 2.04. The van der Waals surface area contributed by atoms with E-state index in [2.05, 4.69) is 4.94 Å². The number of rotatable bonds is 2. The molecule has 0 unspecified atom stereocenters. The maximum absolute atomic E-state index is 11.3. The van der Waals surface area contributed by atoms with Gasteiger partial charge < -0.3 is 0 Å². The molecule has 0 aliphatic rings. The van der Waals surface area contributed by atoms with Gasteiger partial charge in [0.05, 0.1) is 6.42 Å². The minimum Gasteiger partial charge on any atom is -0.255 e. The molecule has 0 aliphatic heterocycles. The lowest BCUT2D eigenvalue weighted by Crippen LogP contribution is -2.02. The van der Waals surface area contributed by atoms with Gasteiger partial charge in [-0.05, 0) is 12.5 Å². The van der Waals surface area contributed by atoms with Crippen LogP contribution in [0.3, 0.4) is 0 Å². The van der Waals surface area contributed by atoms with Crippen LogP contribution >= 0.6 is 0 Å². The van der Waals surface area contributed by atoms with Crippen molar-refractivity contribution in [2.24, 2.45) is 0 Å². The van der Waals surface area contributed by atoms with Gasteiger partial charge in [0, 0.05) is 4.53 Å². The Hall–Kier alpha value is -1.38. The molecule has 2 nitrogen and oxygen atoms in total. The molecule has 12 heavy (non-hydrogen) atoms. The molecule has 0 atom stereocenters. The highest BCUT2D eigenvalue weighted by atomic mass is 19.3. The lowest BCUT2D eigenvalue weighted by atomic mass is 10.1. The van der Waals surface area contributed by atoms with Crippen LogP contribution in [0.4, 0.5) is 4.53 Å². The van der Waals surface area contributed by atoms with Crippen LogP contribution in [-0.4, -0.2) is 5.97 Å². The van der Waals surface area contributed by atoms with Gasteiger partial charge in [0.15, 0.2) is 0 Å². The molecule has 1 rings (SSSR count). The number of aryl methyl sites for hydroxylation is 1. The van der Waals surface area contributed by atoms with E-state index in [1.54, 1.807) is 6.07 Å². The zero-order valence-electron chi connectivity index (χ0n) is 6.71. The van der Waals surface area contributed by atoms with E-state index >= 15 is 0 Å². The summed E-state index contributed by atoms with van der Waals surface area (Å²) in [4.78, 5) is 13.6. The van der Waals surface area contributed by atoms with Crippen molar-refractivity contribution in [1.82, 2.24) is 0 Å². The van der Waals surface area contributed by atoms with Crippen molar-refractivity contribution in [2.75, 3.05) is 0 Å². The van der Waals surface area contributed by atoms with E-state index in [1.807, 2.05) is 25.1 Å². The van der Waals surface area contributed by atoms with Gasteiger partial charge in [0.2, 0.25) is 0 Å². The van der Waals surface area contributed by atoms with Crippen molar-refractivity contribution in [3.05, 3.63) is 35.4 Å². The van der Waals surface area contributed by atoms with Crippen LogP contribution in [0.2, 0.25) is 0 Å². The van der Waals surface area contributed by atoms with Crippen LogP contribution in [0, 0.1) is 6.92 Å². The second-order valence-corrected chi connectivity index (χ2v) is 2.61. The molecule has 0 radical (unpaired) electrons. The summed E-state index contributed by atoms with van der Waals surface area (Å²) in [7, 11) is 0. The minimum atomic E-state index is -0.861. The van der Waals surface area contributed by atoms with Gasteiger partial charge in [-0.25, -0.2) is 4.79 Å². The standard InChI is InChI=1S/C9H9FO2/c1-7-3-2-4-8(5-7)6-9(11)12-10/h2-5H,6H2,1H3. The molecule has 0 spiro atoms. The summed E-state index contributed by atoms with van der Waals surface area (Å²) in [5, 5.41) is 0. The van der Waals surface area contributed by atoms with E-state index in [-0.39, 0.29) is 6.42 Å². The third kappa shape index (κ3) is 2.34. The minimum absolute atomic E-state index is 0.0157. The first-order valence-electron chi connectivity index (χ1n) is 3.59. The molecule has 0 bridgehead atoms. The first kappa shape index (κ1) is 8.71. The molecular formula is C9H9FO2. The fourth-order valence-corrected chi connectivity index (χ4v) is 1.02. The molecular weight excluding hydrogens is 159 g/mol. The number of halogens is 1. The number of hydrogen-bond acceptors (Lipinski definition) is 2. The summed E-state index contributed by atoms with van der Waals surface area (Å²) < 4.78 is 11.3. The molecule has 64 valence electrons. The Labute approximate surface area is 69.9 Å². The lowest BCUT2D eigenvalue weighted by Gasteiger charge is -1.97. The van der Waals surface area contributed by atoms with Gasteiger partial charge in [-0.2, -0.15) is 0 Å². The Balaban J connectivity index is 2.69. The van der Waals surface area contributed by atoms with Gasteiger partial charge >= 0.3 is 5.97 Å². The fourth-order valence-electron chi connectivity index (χ4n) is 1.02. The van der Waals surface area contributed by atoms with E-state index in [0.717, 1.165) is 11.1 Å². The quantitative estimate of drug-likeness (QED) is 0.674. The van der Waals surface area contributed by atoms with Crippen molar-refractivity contribution in [3.8, 4) is 0 Å². The highest BCUT2D eigenvalue weighted by molar-refractivity contribution is 5.71. The Bertz CT molecular complexity index is 284. The molecule has 0 aromatic heterocycles. The van der Waals surface area contributed by atoms with Gasteiger partial charge in [-0.1, -0.05) is 29.8 Å². The van der Waals surface area contributed by atoms with Gasteiger partial charge in [0.1, 0.15) is 0 Å². The molecule has 0 aliphatic carbocycles.